The van der Waals surface area contributed by atoms with Crippen molar-refractivity contribution in [2.75, 3.05) is 6.54 Å². The second kappa shape index (κ2) is 4.58. The van der Waals surface area contributed by atoms with Crippen molar-refractivity contribution in [1.82, 2.24) is 0 Å². The predicted molar refractivity (Wildman–Crippen MR) is 73.9 cm³/mol. The van der Waals surface area contributed by atoms with Crippen molar-refractivity contribution in [3.63, 3.8) is 0 Å². The van der Waals surface area contributed by atoms with Crippen LogP contribution in [0, 0.1) is 0 Å². The normalized spacial score (nSPS) is 21.8. The molecule has 3 rings (SSSR count). The molecule has 0 aromatic heterocycles. The number of phenolic OH excluding ortho intramolecular Hbond substituents is 1. The van der Waals surface area contributed by atoms with Crippen LogP contribution in [0.15, 0.2) is 12.1 Å². The Morgan fingerprint density at radius 2 is 1.67 bits per heavy atom. The number of benzene rings is 1. The third-order valence-corrected chi connectivity index (χ3v) is 4.98. The minimum atomic E-state index is 0.0748. The summed E-state index contributed by atoms with van der Waals surface area (Å²) in [7, 11) is 0. The summed E-state index contributed by atoms with van der Waals surface area (Å²) in [6.45, 7) is 0.666. The van der Waals surface area contributed by atoms with Crippen LogP contribution in [0.4, 0.5) is 0 Å². The summed E-state index contributed by atoms with van der Waals surface area (Å²) in [4.78, 5) is 0. The fraction of sp³-hybridized carbons (Fsp3) is 0.625. The standard InChI is InChI=1S/C16H23NO/c17-11-16(7-4-8-16)14-9-12-5-2-1-3-6-13(12)10-15(14)18/h9-10,18H,1-8,11,17H2. The van der Waals surface area contributed by atoms with Crippen LogP contribution in [0.3, 0.4) is 0 Å². The Labute approximate surface area is 109 Å². The van der Waals surface area contributed by atoms with Gasteiger partial charge in [0, 0.05) is 17.5 Å². The average Bonchev–Trinajstić information content (AvgIpc) is 2.53. The largest absolute Gasteiger partial charge is 0.508 e. The molecular formula is C16H23NO. The van der Waals surface area contributed by atoms with E-state index in [1.165, 1.54) is 43.2 Å². The fourth-order valence-corrected chi connectivity index (χ4v) is 3.56. The van der Waals surface area contributed by atoms with E-state index in [4.69, 9.17) is 5.73 Å². The third kappa shape index (κ3) is 1.83. The summed E-state index contributed by atoms with van der Waals surface area (Å²) in [5.74, 6) is 0.487. The molecule has 0 bridgehead atoms. The maximum Gasteiger partial charge on any atom is 0.119 e. The summed E-state index contributed by atoms with van der Waals surface area (Å²) < 4.78 is 0. The number of aryl methyl sites for hydroxylation is 2. The molecule has 98 valence electrons. The van der Waals surface area contributed by atoms with Crippen molar-refractivity contribution in [3.8, 4) is 5.75 Å². The molecule has 2 nitrogen and oxygen atoms in total. The van der Waals surface area contributed by atoms with Gasteiger partial charge >= 0.3 is 0 Å². The monoisotopic (exact) mass is 245 g/mol. The Morgan fingerprint density at radius 3 is 2.22 bits per heavy atom. The van der Waals surface area contributed by atoms with E-state index in [0.29, 0.717) is 12.3 Å². The molecule has 0 spiro atoms. The van der Waals surface area contributed by atoms with Gasteiger partial charge in [-0.25, -0.2) is 0 Å². The number of phenols is 1. The molecule has 1 aromatic carbocycles. The highest BCUT2D eigenvalue weighted by Gasteiger charge is 2.39. The van der Waals surface area contributed by atoms with Crippen LogP contribution in [0.5, 0.6) is 5.75 Å². The highest BCUT2D eigenvalue weighted by atomic mass is 16.3. The Balaban J connectivity index is 2.03. The van der Waals surface area contributed by atoms with E-state index in [2.05, 4.69) is 6.07 Å². The Kier molecular flexibility index (Phi) is 3.06. The van der Waals surface area contributed by atoms with Gasteiger partial charge in [-0.2, -0.15) is 0 Å². The summed E-state index contributed by atoms with van der Waals surface area (Å²) in [5.41, 5.74) is 9.98. The van der Waals surface area contributed by atoms with E-state index in [1.807, 2.05) is 6.07 Å². The average molecular weight is 245 g/mol. The smallest absolute Gasteiger partial charge is 0.119 e. The van der Waals surface area contributed by atoms with Gasteiger partial charge in [-0.15, -0.1) is 0 Å². The summed E-state index contributed by atoms with van der Waals surface area (Å²) in [6, 6.07) is 4.29. The molecule has 3 N–H and O–H groups in total. The summed E-state index contributed by atoms with van der Waals surface area (Å²) in [6.07, 6.45) is 9.66. The van der Waals surface area contributed by atoms with Crippen molar-refractivity contribution in [1.29, 1.82) is 0 Å². The highest BCUT2D eigenvalue weighted by Crippen LogP contribution is 2.47. The Morgan fingerprint density at radius 1 is 1.00 bits per heavy atom. The fourth-order valence-electron chi connectivity index (χ4n) is 3.56. The van der Waals surface area contributed by atoms with Crippen LogP contribution < -0.4 is 5.73 Å². The van der Waals surface area contributed by atoms with E-state index < -0.39 is 0 Å². The third-order valence-electron chi connectivity index (χ3n) is 4.98. The molecule has 1 saturated carbocycles. The second-order valence-corrected chi connectivity index (χ2v) is 6.04. The quantitative estimate of drug-likeness (QED) is 0.787. The van der Waals surface area contributed by atoms with Crippen molar-refractivity contribution in [2.45, 2.75) is 56.8 Å². The van der Waals surface area contributed by atoms with Crippen molar-refractivity contribution < 1.29 is 5.11 Å². The molecule has 0 saturated heterocycles. The first-order valence-corrected chi connectivity index (χ1v) is 7.30. The van der Waals surface area contributed by atoms with Gasteiger partial charge in [0.15, 0.2) is 0 Å². The zero-order chi connectivity index (χ0) is 12.6. The molecule has 2 heteroatoms. The first-order chi connectivity index (χ1) is 8.75. The lowest BCUT2D eigenvalue weighted by molar-refractivity contribution is 0.245. The molecule has 0 aliphatic heterocycles. The van der Waals surface area contributed by atoms with Gasteiger partial charge < -0.3 is 10.8 Å². The maximum absolute atomic E-state index is 10.3. The van der Waals surface area contributed by atoms with Gasteiger partial charge in [-0.05, 0) is 55.7 Å². The molecule has 2 aliphatic carbocycles. The lowest BCUT2D eigenvalue weighted by Crippen LogP contribution is -2.41. The van der Waals surface area contributed by atoms with E-state index in [-0.39, 0.29) is 5.41 Å². The number of rotatable bonds is 2. The van der Waals surface area contributed by atoms with E-state index in [0.717, 1.165) is 24.8 Å². The van der Waals surface area contributed by atoms with E-state index in [9.17, 15) is 5.11 Å². The van der Waals surface area contributed by atoms with E-state index in [1.54, 1.807) is 0 Å². The highest BCUT2D eigenvalue weighted by molar-refractivity contribution is 5.47. The van der Waals surface area contributed by atoms with E-state index >= 15 is 0 Å². The number of aromatic hydroxyl groups is 1. The van der Waals surface area contributed by atoms with Crippen LogP contribution >= 0.6 is 0 Å². The first-order valence-electron chi connectivity index (χ1n) is 7.30. The zero-order valence-electron chi connectivity index (χ0n) is 11.0. The molecular weight excluding hydrogens is 222 g/mol. The SMILES string of the molecule is NCC1(c2cc3c(cc2O)CCCCC3)CCC1. The molecule has 0 heterocycles. The van der Waals surface area contributed by atoms with Crippen molar-refractivity contribution in [3.05, 3.63) is 28.8 Å². The van der Waals surface area contributed by atoms with Crippen LogP contribution in [0.25, 0.3) is 0 Å². The number of fused-ring (bicyclic) bond motifs is 1. The predicted octanol–water partition coefficient (Wildman–Crippen LogP) is 3.04. The van der Waals surface area contributed by atoms with Crippen LogP contribution in [-0.4, -0.2) is 11.7 Å². The molecule has 18 heavy (non-hydrogen) atoms. The minimum Gasteiger partial charge on any atom is -0.508 e. The summed E-state index contributed by atoms with van der Waals surface area (Å²) in [5, 5.41) is 10.3. The lowest BCUT2D eigenvalue weighted by atomic mass is 9.64. The molecule has 0 radical (unpaired) electrons. The maximum atomic E-state index is 10.3. The van der Waals surface area contributed by atoms with Gasteiger partial charge in [-0.3, -0.25) is 0 Å². The Hall–Kier alpha value is -1.02. The molecule has 0 unspecified atom stereocenters. The van der Waals surface area contributed by atoms with Crippen LogP contribution in [-0.2, 0) is 18.3 Å². The molecule has 1 fully saturated rings. The number of hydrogen-bond acceptors (Lipinski definition) is 2. The van der Waals surface area contributed by atoms with Gasteiger partial charge in [-0.1, -0.05) is 18.9 Å². The molecule has 2 aliphatic rings. The molecule has 0 amide bonds. The van der Waals surface area contributed by atoms with Gasteiger partial charge in [0.1, 0.15) is 5.75 Å². The van der Waals surface area contributed by atoms with Crippen molar-refractivity contribution >= 4 is 0 Å². The lowest BCUT2D eigenvalue weighted by Gasteiger charge is -2.42. The van der Waals surface area contributed by atoms with Gasteiger partial charge in [0.2, 0.25) is 0 Å². The molecule has 1 aromatic rings. The molecule has 0 atom stereocenters. The first kappa shape index (κ1) is 12.0. The van der Waals surface area contributed by atoms with Crippen LogP contribution in [0.2, 0.25) is 0 Å². The van der Waals surface area contributed by atoms with Crippen LogP contribution in [0.1, 0.15) is 55.2 Å². The second-order valence-electron chi connectivity index (χ2n) is 6.04. The topological polar surface area (TPSA) is 46.2 Å². The zero-order valence-corrected chi connectivity index (χ0v) is 11.0. The van der Waals surface area contributed by atoms with Crippen molar-refractivity contribution in [2.24, 2.45) is 5.73 Å². The Bertz CT molecular complexity index is 443. The van der Waals surface area contributed by atoms with Gasteiger partial charge in [0.25, 0.3) is 0 Å². The number of hydrogen-bond donors (Lipinski definition) is 2. The minimum absolute atomic E-state index is 0.0748. The number of nitrogens with two attached hydrogens (primary N) is 1. The summed E-state index contributed by atoms with van der Waals surface area (Å²) >= 11 is 0. The van der Waals surface area contributed by atoms with Gasteiger partial charge in [0.05, 0.1) is 0 Å².